The smallest absolute Gasteiger partial charge is 0.163 e. The Bertz CT molecular complexity index is 1130. The number of rotatable bonds is 8. The molecule has 0 aliphatic heterocycles. The van der Waals surface area contributed by atoms with E-state index in [2.05, 4.69) is 20.9 Å². The van der Waals surface area contributed by atoms with E-state index in [1.54, 1.807) is 20.5 Å². The molecule has 0 saturated carbocycles. The average Bonchev–Trinajstić information content (AvgIpc) is 3.07. The second-order valence-electron chi connectivity index (χ2n) is 6.18. The van der Waals surface area contributed by atoms with Crippen molar-refractivity contribution >= 4 is 43.5 Å². The van der Waals surface area contributed by atoms with Crippen LogP contribution in [0.3, 0.4) is 0 Å². The van der Waals surface area contributed by atoms with Crippen LogP contribution in [0.15, 0.2) is 41.1 Å². The van der Waals surface area contributed by atoms with Crippen molar-refractivity contribution < 1.29 is 18.9 Å². The third-order valence-corrected chi connectivity index (χ3v) is 4.85. The molecule has 0 N–H and O–H groups in total. The molecular formula is C20H20BrN3O4. The Balaban J connectivity index is 1.85. The van der Waals surface area contributed by atoms with E-state index in [1.165, 1.54) is 0 Å². The van der Waals surface area contributed by atoms with Gasteiger partial charge in [-0.05, 0) is 24.3 Å². The molecule has 0 saturated heterocycles. The molecule has 8 heteroatoms. The number of aromatic nitrogens is 3. The Hall–Kier alpha value is -2.42. The number of imidazole rings is 1. The van der Waals surface area contributed by atoms with Crippen LogP contribution in [0.4, 0.5) is 0 Å². The van der Waals surface area contributed by atoms with Gasteiger partial charge in [-0.2, -0.15) is 0 Å². The summed E-state index contributed by atoms with van der Waals surface area (Å²) in [7, 11) is 3.28. The number of benzene rings is 2. The highest BCUT2D eigenvalue weighted by atomic mass is 79.9. The van der Waals surface area contributed by atoms with Crippen LogP contribution in [0.25, 0.3) is 27.6 Å². The van der Waals surface area contributed by atoms with Gasteiger partial charge >= 0.3 is 0 Å². The Morgan fingerprint density at radius 1 is 0.893 bits per heavy atom. The van der Waals surface area contributed by atoms with Gasteiger partial charge in [0.2, 0.25) is 0 Å². The molecule has 0 unspecified atom stereocenters. The van der Waals surface area contributed by atoms with Crippen LogP contribution in [-0.2, 0) is 9.47 Å². The second-order valence-corrected chi connectivity index (χ2v) is 7.10. The summed E-state index contributed by atoms with van der Waals surface area (Å²) >= 11 is 3.52. The molecular weight excluding hydrogens is 426 g/mol. The zero-order valence-electron chi connectivity index (χ0n) is 15.6. The topological polar surface area (TPSA) is 67.1 Å². The molecule has 0 atom stereocenters. The maximum absolute atomic E-state index is 5.90. The molecule has 0 fully saturated rings. The van der Waals surface area contributed by atoms with Crippen molar-refractivity contribution in [3.05, 3.63) is 41.1 Å². The summed E-state index contributed by atoms with van der Waals surface area (Å²) < 4.78 is 24.9. The zero-order chi connectivity index (χ0) is 19.5. The number of methoxy groups -OCH3 is 2. The molecule has 28 heavy (non-hydrogen) atoms. The first-order valence-corrected chi connectivity index (χ1v) is 9.64. The lowest BCUT2D eigenvalue weighted by Gasteiger charge is -2.14. The number of nitrogens with zero attached hydrogens (tertiary/aromatic N) is 3. The first-order chi connectivity index (χ1) is 13.7. The molecule has 2 heterocycles. The Morgan fingerprint density at radius 2 is 1.61 bits per heavy atom. The summed E-state index contributed by atoms with van der Waals surface area (Å²) in [6, 6.07) is 9.79. The van der Waals surface area contributed by atoms with Gasteiger partial charge < -0.3 is 18.9 Å². The first-order valence-electron chi connectivity index (χ1n) is 8.85. The molecule has 0 spiro atoms. The number of halogens is 1. The normalized spacial score (nSPS) is 11.5. The van der Waals surface area contributed by atoms with E-state index in [4.69, 9.17) is 23.9 Å². The van der Waals surface area contributed by atoms with Crippen molar-refractivity contribution in [2.75, 3.05) is 40.6 Å². The van der Waals surface area contributed by atoms with Crippen molar-refractivity contribution in [3.8, 4) is 11.5 Å². The average molecular weight is 446 g/mol. The van der Waals surface area contributed by atoms with Crippen LogP contribution in [0.5, 0.6) is 11.5 Å². The highest BCUT2D eigenvalue weighted by molar-refractivity contribution is 9.10. The van der Waals surface area contributed by atoms with E-state index < -0.39 is 0 Å². The number of ether oxygens (including phenoxy) is 4. The van der Waals surface area contributed by atoms with E-state index in [1.807, 2.05) is 34.7 Å². The van der Waals surface area contributed by atoms with Crippen LogP contribution in [0.1, 0.15) is 0 Å². The van der Waals surface area contributed by atoms with Gasteiger partial charge in [-0.25, -0.2) is 9.97 Å². The van der Waals surface area contributed by atoms with Crippen LogP contribution in [0.2, 0.25) is 0 Å². The molecule has 4 aromatic rings. The van der Waals surface area contributed by atoms with Crippen molar-refractivity contribution in [2.24, 2.45) is 0 Å². The molecule has 0 bridgehead atoms. The largest absolute Gasteiger partial charge is 0.487 e. The fourth-order valence-corrected chi connectivity index (χ4v) is 3.37. The van der Waals surface area contributed by atoms with Crippen molar-refractivity contribution in [1.82, 2.24) is 14.4 Å². The maximum atomic E-state index is 5.90. The van der Waals surface area contributed by atoms with E-state index >= 15 is 0 Å². The Morgan fingerprint density at radius 3 is 2.32 bits per heavy atom. The first kappa shape index (κ1) is 18.9. The lowest BCUT2D eigenvalue weighted by molar-refractivity contribution is 0.132. The lowest BCUT2D eigenvalue weighted by atomic mass is 10.2. The van der Waals surface area contributed by atoms with Gasteiger partial charge in [0.25, 0.3) is 0 Å². The van der Waals surface area contributed by atoms with E-state index in [-0.39, 0.29) is 0 Å². The molecule has 0 amide bonds. The monoisotopic (exact) mass is 445 g/mol. The maximum Gasteiger partial charge on any atom is 0.163 e. The predicted octanol–water partition coefficient (Wildman–Crippen LogP) is 3.85. The minimum Gasteiger partial charge on any atom is -0.487 e. The van der Waals surface area contributed by atoms with E-state index in [0.29, 0.717) is 37.9 Å². The van der Waals surface area contributed by atoms with Crippen molar-refractivity contribution in [1.29, 1.82) is 0 Å². The molecule has 0 aliphatic rings. The molecule has 4 rings (SSSR count). The molecule has 2 aromatic heterocycles. The number of fused-ring (bicyclic) bond motifs is 5. The summed E-state index contributed by atoms with van der Waals surface area (Å²) in [6.45, 7) is 1.82. The molecule has 2 aromatic carbocycles. The highest BCUT2D eigenvalue weighted by Gasteiger charge is 2.14. The number of hydrogen-bond donors (Lipinski definition) is 0. The summed E-state index contributed by atoms with van der Waals surface area (Å²) in [5, 5.41) is 0.890. The predicted molar refractivity (Wildman–Crippen MR) is 110 cm³/mol. The lowest BCUT2D eigenvalue weighted by Crippen LogP contribution is -2.08. The van der Waals surface area contributed by atoms with Gasteiger partial charge in [0, 0.05) is 30.1 Å². The third-order valence-electron chi connectivity index (χ3n) is 4.36. The van der Waals surface area contributed by atoms with Gasteiger partial charge in [-0.3, -0.25) is 4.40 Å². The van der Waals surface area contributed by atoms with Gasteiger partial charge in [0.15, 0.2) is 11.5 Å². The number of hydrogen-bond acceptors (Lipinski definition) is 6. The van der Waals surface area contributed by atoms with Gasteiger partial charge in [-0.1, -0.05) is 15.9 Å². The van der Waals surface area contributed by atoms with Crippen LogP contribution < -0.4 is 9.47 Å². The molecule has 0 radical (unpaired) electrons. The standard InChI is InChI=1S/C20H20BrN3O4/c1-25-5-7-27-18-10-14-16(11-19(18)28-8-6-26-2)22-12-24-17-9-13(21)3-4-15(17)23-20(14)24/h3-4,9-12H,5-8H2,1-2H3. The fraction of sp³-hybridized carbons (Fsp3) is 0.300. The molecule has 0 aliphatic carbocycles. The minimum absolute atomic E-state index is 0.419. The van der Waals surface area contributed by atoms with Crippen LogP contribution >= 0.6 is 15.9 Å². The Labute approximate surface area is 170 Å². The van der Waals surface area contributed by atoms with Crippen LogP contribution in [-0.4, -0.2) is 55.0 Å². The molecule has 7 nitrogen and oxygen atoms in total. The summed E-state index contributed by atoms with van der Waals surface area (Å²) in [4.78, 5) is 9.39. The quantitative estimate of drug-likeness (QED) is 0.383. The summed E-state index contributed by atoms with van der Waals surface area (Å²) in [5.41, 5.74) is 3.49. The van der Waals surface area contributed by atoms with Crippen LogP contribution in [0, 0.1) is 0 Å². The van der Waals surface area contributed by atoms with Gasteiger partial charge in [0.05, 0.1) is 29.8 Å². The Kier molecular flexibility index (Phi) is 5.61. The van der Waals surface area contributed by atoms with E-state index in [9.17, 15) is 0 Å². The van der Waals surface area contributed by atoms with Crippen molar-refractivity contribution in [3.63, 3.8) is 0 Å². The summed E-state index contributed by atoms with van der Waals surface area (Å²) in [5.74, 6) is 1.25. The minimum atomic E-state index is 0.419. The van der Waals surface area contributed by atoms with Gasteiger partial charge in [-0.15, -0.1) is 0 Å². The molecule has 146 valence electrons. The highest BCUT2D eigenvalue weighted by Crippen LogP contribution is 2.34. The van der Waals surface area contributed by atoms with E-state index in [0.717, 1.165) is 32.1 Å². The third kappa shape index (κ3) is 3.63. The van der Waals surface area contributed by atoms with Gasteiger partial charge in [0.1, 0.15) is 25.2 Å². The fourth-order valence-electron chi connectivity index (χ4n) is 3.02. The van der Waals surface area contributed by atoms with Crippen molar-refractivity contribution in [2.45, 2.75) is 0 Å². The second kappa shape index (κ2) is 8.30. The zero-order valence-corrected chi connectivity index (χ0v) is 17.2. The summed E-state index contributed by atoms with van der Waals surface area (Å²) in [6.07, 6.45) is 1.78. The SMILES string of the molecule is COCCOc1cc2ncn3c4cc(Br)ccc4nc3c2cc1OCCOC.